The number of nitrogens with zero attached hydrogens (tertiary/aromatic N) is 1. The van der Waals surface area contributed by atoms with Crippen LogP contribution < -0.4 is 5.32 Å². The number of rotatable bonds is 5. The van der Waals surface area contributed by atoms with Gasteiger partial charge in [0, 0.05) is 18.4 Å². The smallest absolute Gasteiger partial charge is 0.285 e. The van der Waals surface area contributed by atoms with Gasteiger partial charge in [0.2, 0.25) is 0 Å². The first-order valence-electron chi connectivity index (χ1n) is 6.66. The molecule has 0 fully saturated rings. The first-order chi connectivity index (χ1) is 10.5. The van der Waals surface area contributed by atoms with Gasteiger partial charge in [-0.1, -0.05) is 24.3 Å². The van der Waals surface area contributed by atoms with Crippen molar-refractivity contribution in [3.05, 3.63) is 69.3 Å². The Hall–Kier alpha value is -2.73. The Morgan fingerprint density at radius 1 is 1.27 bits per heavy atom. The first-order valence-corrected chi connectivity index (χ1v) is 6.66. The normalized spacial score (nSPS) is 10.3. The highest BCUT2D eigenvalue weighted by molar-refractivity contribution is 6.07. The van der Waals surface area contributed by atoms with Gasteiger partial charge in [-0.05, 0) is 30.7 Å². The van der Waals surface area contributed by atoms with Crippen molar-refractivity contribution >= 4 is 17.3 Å². The third kappa shape index (κ3) is 3.48. The number of hydrogen-bond donors (Lipinski definition) is 1. The Bertz CT molecular complexity index is 713. The zero-order chi connectivity index (χ0) is 16.1. The highest BCUT2D eigenvalue weighted by Crippen LogP contribution is 2.24. The van der Waals surface area contributed by atoms with E-state index in [1.165, 1.54) is 6.07 Å². The second kappa shape index (κ2) is 6.82. The van der Waals surface area contributed by atoms with Crippen molar-refractivity contribution in [3.63, 3.8) is 0 Å². The summed E-state index contributed by atoms with van der Waals surface area (Å²) in [4.78, 5) is 22.9. The minimum Gasteiger partial charge on any atom is -0.380 e. The predicted molar refractivity (Wildman–Crippen MR) is 82.9 cm³/mol. The Labute approximate surface area is 127 Å². The van der Waals surface area contributed by atoms with Crippen LogP contribution in [0, 0.1) is 17.0 Å². The molecule has 114 valence electrons. The molecule has 0 atom stereocenters. The van der Waals surface area contributed by atoms with Gasteiger partial charge in [-0.15, -0.1) is 0 Å². The molecule has 0 aliphatic carbocycles. The van der Waals surface area contributed by atoms with Crippen LogP contribution in [0.2, 0.25) is 0 Å². The van der Waals surface area contributed by atoms with Crippen LogP contribution in [0.25, 0.3) is 0 Å². The summed E-state index contributed by atoms with van der Waals surface area (Å²) in [6, 6.07) is 11.8. The van der Waals surface area contributed by atoms with Crippen molar-refractivity contribution in [3.8, 4) is 0 Å². The van der Waals surface area contributed by atoms with E-state index < -0.39 is 10.8 Å². The number of aryl methyl sites for hydroxylation is 1. The number of para-hydroxylation sites is 1. The lowest BCUT2D eigenvalue weighted by Crippen LogP contribution is -2.14. The van der Waals surface area contributed by atoms with Crippen LogP contribution in [0.1, 0.15) is 21.5 Å². The summed E-state index contributed by atoms with van der Waals surface area (Å²) in [5.74, 6) is -0.509. The molecule has 0 bridgehead atoms. The highest BCUT2D eigenvalue weighted by Gasteiger charge is 2.22. The third-order valence-corrected chi connectivity index (χ3v) is 3.16. The zero-order valence-corrected chi connectivity index (χ0v) is 12.3. The molecule has 22 heavy (non-hydrogen) atoms. The summed E-state index contributed by atoms with van der Waals surface area (Å²) >= 11 is 0. The van der Waals surface area contributed by atoms with Crippen LogP contribution in [0.3, 0.4) is 0 Å². The van der Waals surface area contributed by atoms with Gasteiger partial charge in [-0.3, -0.25) is 14.9 Å². The molecule has 2 rings (SSSR count). The summed E-state index contributed by atoms with van der Waals surface area (Å²) in [5.41, 5.74) is 1.79. The van der Waals surface area contributed by atoms with Gasteiger partial charge in [0.25, 0.3) is 11.6 Å². The van der Waals surface area contributed by atoms with E-state index in [0.29, 0.717) is 17.9 Å². The second-order valence-corrected chi connectivity index (χ2v) is 4.82. The molecule has 1 amide bonds. The van der Waals surface area contributed by atoms with Gasteiger partial charge in [0.1, 0.15) is 5.56 Å². The van der Waals surface area contributed by atoms with Gasteiger partial charge in [-0.25, -0.2) is 0 Å². The van der Waals surface area contributed by atoms with Crippen LogP contribution in [-0.2, 0) is 11.3 Å². The SMILES string of the molecule is COCc1cccc(NC(=O)c2cccc(C)c2[N+](=O)[O-])c1. The summed E-state index contributed by atoms with van der Waals surface area (Å²) in [6.45, 7) is 2.03. The highest BCUT2D eigenvalue weighted by atomic mass is 16.6. The van der Waals surface area contributed by atoms with Crippen LogP contribution >= 0.6 is 0 Å². The number of anilines is 1. The average molecular weight is 300 g/mol. The van der Waals surface area contributed by atoms with E-state index in [4.69, 9.17) is 4.74 Å². The number of amides is 1. The second-order valence-electron chi connectivity index (χ2n) is 4.82. The van der Waals surface area contributed by atoms with Gasteiger partial charge >= 0.3 is 0 Å². The number of benzene rings is 2. The standard InChI is InChI=1S/C16H16N2O4/c1-11-5-3-8-14(15(11)18(20)21)16(19)17-13-7-4-6-12(9-13)10-22-2/h3-9H,10H2,1-2H3,(H,17,19). The number of carbonyl (C=O) groups excluding carboxylic acids is 1. The molecule has 6 heteroatoms. The molecule has 0 unspecified atom stereocenters. The maximum atomic E-state index is 12.3. The van der Waals surface area contributed by atoms with Crippen LogP contribution in [0.15, 0.2) is 42.5 Å². The van der Waals surface area contributed by atoms with Gasteiger partial charge in [0.05, 0.1) is 11.5 Å². The summed E-state index contributed by atoms with van der Waals surface area (Å²) in [5, 5.41) is 13.8. The number of methoxy groups -OCH3 is 1. The molecule has 0 aliphatic heterocycles. The molecule has 2 aromatic rings. The fourth-order valence-corrected chi connectivity index (χ4v) is 2.19. The minimum absolute atomic E-state index is 0.0437. The molecule has 0 radical (unpaired) electrons. The molecule has 6 nitrogen and oxygen atoms in total. The minimum atomic E-state index is -0.536. The maximum Gasteiger partial charge on any atom is 0.285 e. The molecular weight excluding hydrogens is 284 g/mol. The first kappa shape index (κ1) is 15.7. The number of nitro benzene ring substituents is 1. The van der Waals surface area contributed by atoms with E-state index in [-0.39, 0.29) is 11.3 Å². The molecular formula is C16H16N2O4. The Morgan fingerprint density at radius 2 is 2.00 bits per heavy atom. The molecule has 0 heterocycles. The van der Waals surface area contributed by atoms with E-state index in [1.54, 1.807) is 44.4 Å². The van der Waals surface area contributed by atoms with Crippen molar-refractivity contribution < 1.29 is 14.5 Å². The fraction of sp³-hybridized carbons (Fsp3) is 0.188. The van der Waals surface area contributed by atoms with E-state index >= 15 is 0 Å². The Morgan fingerprint density at radius 3 is 2.68 bits per heavy atom. The van der Waals surface area contributed by atoms with E-state index in [1.807, 2.05) is 6.07 Å². The number of nitrogens with one attached hydrogen (secondary N) is 1. The molecule has 0 saturated carbocycles. The van der Waals surface area contributed by atoms with Gasteiger partial charge in [-0.2, -0.15) is 0 Å². The van der Waals surface area contributed by atoms with E-state index in [9.17, 15) is 14.9 Å². The quantitative estimate of drug-likeness (QED) is 0.678. The molecule has 0 aromatic heterocycles. The summed E-state index contributed by atoms with van der Waals surface area (Å²) in [7, 11) is 1.58. The summed E-state index contributed by atoms with van der Waals surface area (Å²) < 4.78 is 5.04. The monoisotopic (exact) mass is 300 g/mol. The predicted octanol–water partition coefficient (Wildman–Crippen LogP) is 3.30. The molecule has 1 N–H and O–H groups in total. The van der Waals surface area contributed by atoms with Crippen LogP contribution in [0.5, 0.6) is 0 Å². The molecule has 2 aromatic carbocycles. The summed E-state index contributed by atoms with van der Waals surface area (Å²) in [6.07, 6.45) is 0. The number of carbonyl (C=O) groups is 1. The Balaban J connectivity index is 2.28. The fourth-order valence-electron chi connectivity index (χ4n) is 2.19. The van der Waals surface area contributed by atoms with Crippen LogP contribution in [-0.4, -0.2) is 17.9 Å². The van der Waals surface area contributed by atoms with Crippen LogP contribution in [0.4, 0.5) is 11.4 Å². The van der Waals surface area contributed by atoms with E-state index in [0.717, 1.165) is 5.56 Å². The number of hydrogen-bond acceptors (Lipinski definition) is 4. The van der Waals surface area contributed by atoms with Crippen molar-refractivity contribution in [2.45, 2.75) is 13.5 Å². The molecule has 0 saturated heterocycles. The molecule has 0 aliphatic rings. The maximum absolute atomic E-state index is 12.3. The average Bonchev–Trinajstić information content (AvgIpc) is 2.47. The lowest BCUT2D eigenvalue weighted by molar-refractivity contribution is -0.385. The van der Waals surface area contributed by atoms with Crippen molar-refractivity contribution in [1.29, 1.82) is 0 Å². The van der Waals surface area contributed by atoms with Crippen molar-refractivity contribution in [1.82, 2.24) is 0 Å². The molecule has 0 spiro atoms. The van der Waals surface area contributed by atoms with Crippen molar-refractivity contribution in [2.75, 3.05) is 12.4 Å². The topological polar surface area (TPSA) is 81.5 Å². The third-order valence-electron chi connectivity index (χ3n) is 3.16. The van der Waals surface area contributed by atoms with E-state index in [2.05, 4.69) is 5.32 Å². The lowest BCUT2D eigenvalue weighted by Gasteiger charge is -2.08. The number of ether oxygens (including phenoxy) is 1. The van der Waals surface area contributed by atoms with Crippen molar-refractivity contribution in [2.24, 2.45) is 0 Å². The lowest BCUT2D eigenvalue weighted by atomic mass is 10.1. The zero-order valence-electron chi connectivity index (χ0n) is 12.3. The van der Waals surface area contributed by atoms with Gasteiger partial charge in [0.15, 0.2) is 0 Å². The number of nitro groups is 1. The largest absolute Gasteiger partial charge is 0.380 e. The Kier molecular flexibility index (Phi) is 4.85. The van der Waals surface area contributed by atoms with Gasteiger partial charge < -0.3 is 10.1 Å².